The first-order valence-corrected chi connectivity index (χ1v) is 6.57. The van der Waals surface area contributed by atoms with Gasteiger partial charge in [0.1, 0.15) is 16.5 Å². The Labute approximate surface area is 123 Å². The number of nitrogens with one attached hydrogen (secondary N) is 1. The largest absolute Gasteiger partial charge is 0.497 e. The molecule has 0 aliphatic rings. The van der Waals surface area contributed by atoms with E-state index in [0.717, 1.165) is 34.0 Å². The van der Waals surface area contributed by atoms with Crippen LogP contribution < -0.4 is 15.8 Å². The summed E-state index contributed by atoms with van der Waals surface area (Å²) in [6.45, 7) is 4.38. The van der Waals surface area contributed by atoms with Crippen molar-refractivity contribution in [3.8, 4) is 5.75 Å². The van der Waals surface area contributed by atoms with E-state index in [1.807, 2.05) is 32.0 Å². The molecule has 0 spiro atoms. The van der Waals surface area contributed by atoms with Crippen LogP contribution in [0.25, 0.3) is 0 Å². The number of nitrogens with two attached hydrogens (primary N) is 1. The van der Waals surface area contributed by atoms with Gasteiger partial charge in [0.2, 0.25) is 0 Å². The zero-order valence-corrected chi connectivity index (χ0v) is 12.5. The van der Waals surface area contributed by atoms with E-state index in [0.29, 0.717) is 11.5 Å². The van der Waals surface area contributed by atoms with Crippen molar-refractivity contribution in [2.75, 3.05) is 12.4 Å². The predicted molar refractivity (Wildman–Crippen MR) is 82.2 cm³/mol. The minimum absolute atomic E-state index is 0.342. The van der Waals surface area contributed by atoms with Gasteiger partial charge in [0.25, 0.3) is 0 Å². The second-order valence-corrected chi connectivity index (χ2v) is 4.87. The maximum atomic E-state index is 5.73. The van der Waals surface area contributed by atoms with Gasteiger partial charge in [-0.1, -0.05) is 17.4 Å². The van der Waals surface area contributed by atoms with Crippen LogP contribution in [-0.4, -0.2) is 17.3 Å². The smallest absolute Gasteiger partial charge is 0.138 e. The third-order valence-corrected chi connectivity index (χ3v) is 3.35. The van der Waals surface area contributed by atoms with E-state index in [9.17, 15) is 0 Å². The molecule has 0 aliphatic heterocycles. The second kappa shape index (κ2) is 5.92. The molecule has 0 radical (unpaired) electrons. The Morgan fingerprint density at radius 1 is 1.45 bits per heavy atom. The average molecular weight is 291 g/mol. The molecule has 0 amide bonds. The first-order chi connectivity index (χ1) is 9.52. The van der Waals surface area contributed by atoms with Gasteiger partial charge in [-0.25, -0.2) is 0 Å². The van der Waals surface area contributed by atoms with Gasteiger partial charge in [-0.2, -0.15) is 0 Å². The maximum Gasteiger partial charge on any atom is 0.138 e. The van der Waals surface area contributed by atoms with Crippen LogP contribution in [0.1, 0.15) is 22.6 Å². The lowest BCUT2D eigenvalue weighted by molar-refractivity contribution is 0.392. The van der Waals surface area contributed by atoms with Crippen LogP contribution in [-0.2, 0) is 6.54 Å². The van der Waals surface area contributed by atoms with E-state index < -0.39 is 0 Å². The molecular formula is C14H17N3O2S. The normalized spacial score (nSPS) is 10.3. The van der Waals surface area contributed by atoms with Crippen LogP contribution in [0.5, 0.6) is 5.75 Å². The van der Waals surface area contributed by atoms with Crippen LogP contribution in [0.2, 0.25) is 0 Å². The highest BCUT2D eigenvalue weighted by Gasteiger charge is 2.11. The minimum Gasteiger partial charge on any atom is -0.497 e. The van der Waals surface area contributed by atoms with Crippen LogP contribution >= 0.6 is 12.2 Å². The molecule has 0 bridgehead atoms. The number of hydrogen-bond donors (Lipinski definition) is 2. The summed E-state index contributed by atoms with van der Waals surface area (Å²) in [4.78, 5) is 0.342. The lowest BCUT2D eigenvalue weighted by atomic mass is 10.1. The van der Waals surface area contributed by atoms with Crippen molar-refractivity contribution in [3.63, 3.8) is 0 Å². The number of aromatic nitrogens is 1. The summed E-state index contributed by atoms with van der Waals surface area (Å²) < 4.78 is 10.4. The molecule has 0 saturated carbocycles. The quantitative estimate of drug-likeness (QED) is 0.825. The van der Waals surface area contributed by atoms with Gasteiger partial charge in [-0.3, -0.25) is 0 Å². The molecule has 1 heterocycles. The summed E-state index contributed by atoms with van der Waals surface area (Å²) in [5.41, 5.74) is 9.25. The summed E-state index contributed by atoms with van der Waals surface area (Å²) in [6, 6.07) is 5.54. The van der Waals surface area contributed by atoms with E-state index >= 15 is 0 Å². The van der Waals surface area contributed by atoms with Gasteiger partial charge in [0, 0.05) is 29.4 Å². The molecule has 1 aromatic heterocycles. The van der Waals surface area contributed by atoms with Crippen molar-refractivity contribution in [1.29, 1.82) is 0 Å². The van der Waals surface area contributed by atoms with Crippen molar-refractivity contribution in [2.45, 2.75) is 20.4 Å². The van der Waals surface area contributed by atoms with Gasteiger partial charge >= 0.3 is 0 Å². The summed E-state index contributed by atoms with van der Waals surface area (Å²) in [6.07, 6.45) is 0. The van der Waals surface area contributed by atoms with Gasteiger partial charge in [-0.05, 0) is 26.0 Å². The number of hydrogen-bond acceptors (Lipinski definition) is 5. The fourth-order valence-electron chi connectivity index (χ4n) is 1.95. The van der Waals surface area contributed by atoms with Gasteiger partial charge < -0.3 is 20.3 Å². The number of ether oxygens (including phenoxy) is 1. The number of methoxy groups -OCH3 is 1. The molecule has 2 aromatic rings. The molecule has 6 heteroatoms. The zero-order valence-electron chi connectivity index (χ0n) is 11.7. The SMILES string of the molecule is COc1ccc(C(N)=S)c(NCc2c(C)noc2C)c1. The topological polar surface area (TPSA) is 73.3 Å². The lowest BCUT2D eigenvalue weighted by Crippen LogP contribution is -2.13. The van der Waals surface area contributed by atoms with Crippen LogP contribution in [0.3, 0.4) is 0 Å². The molecule has 0 atom stereocenters. The summed E-state index contributed by atoms with van der Waals surface area (Å²) >= 11 is 5.06. The third kappa shape index (κ3) is 2.91. The van der Waals surface area contributed by atoms with Crippen LogP contribution in [0, 0.1) is 13.8 Å². The Morgan fingerprint density at radius 3 is 2.75 bits per heavy atom. The van der Waals surface area contributed by atoms with Crippen molar-refractivity contribution < 1.29 is 9.26 Å². The van der Waals surface area contributed by atoms with Crippen LogP contribution in [0.4, 0.5) is 5.69 Å². The zero-order chi connectivity index (χ0) is 14.7. The minimum atomic E-state index is 0.342. The fraction of sp³-hybridized carbons (Fsp3) is 0.286. The highest BCUT2D eigenvalue weighted by atomic mass is 32.1. The molecule has 0 saturated heterocycles. The molecule has 20 heavy (non-hydrogen) atoms. The fourth-order valence-corrected chi connectivity index (χ4v) is 2.13. The number of thiocarbonyl (C=S) groups is 1. The lowest BCUT2D eigenvalue weighted by Gasteiger charge is -2.12. The van der Waals surface area contributed by atoms with E-state index in [4.69, 9.17) is 27.2 Å². The van der Waals surface area contributed by atoms with Crippen molar-refractivity contribution >= 4 is 22.9 Å². The van der Waals surface area contributed by atoms with Crippen LogP contribution in [0.15, 0.2) is 22.7 Å². The Kier molecular flexibility index (Phi) is 4.24. The molecule has 106 valence electrons. The number of anilines is 1. The Morgan fingerprint density at radius 2 is 2.20 bits per heavy atom. The molecular weight excluding hydrogens is 274 g/mol. The molecule has 0 aliphatic carbocycles. The first-order valence-electron chi connectivity index (χ1n) is 6.16. The molecule has 0 fully saturated rings. The Bertz CT molecular complexity index is 618. The van der Waals surface area contributed by atoms with Gasteiger partial charge in [0.05, 0.1) is 12.8 Å². The average Bonchev–Trinajstić information content (AvgIpc) is 2.75. The van der Waals surface area contributed by atoms with E-state index in [1.54, 1.807) is 7.11 Å². The van der Waals surface area contributed by atoms with Gasteiger partial charge in [0.15, 0.2) is 0 Å². The van der Waals surface area contributed by atoms with E-state index in [1.165, 1.54) is 0 Å². The third-order valence-electron chi connectivity index (χ3n) is 3.13. The molecule has 3 N–H and O–H groups in total. The van der Waals surface area contributed by atoms with Crippen molar-refractivity contribution in [2.24, 2.45) is 5.73 Å². The number of nitrogens with zero attached hydrogens (tertiary/aromatic N) is 1. The summed E-state index contributed by atoms with van der Waals surface area (Å²) in [5, 5.41) is 7.24. The first kappa shape index (κ1) is 14.3. The van der Waals surface area contributed by atoms with Crippen molar-refractivity contribution in [3.05, 3.63) is 40.8 Å². The number of benzene rings is 1. The maximum absolute atomic E-state index is 5.73. The monoisotopic (exact) mass is 291 g/mol. The highest BCUT2D eigenvalue weighted by molar-refractivity contribution is 7.80. The summed E-state index contributed by atoms with van der Waals surface area (Å²) in [5.74, 6) is 1.54. The predicted octanol–water partition coefficient (Wildman–Crippen LogP) is 2.55. The van der Waals surface area contributed by atoms with E-state index in [-0.39, 0.29) is 0 Å². The summed E-state index contributed by atoms with van der Waals surface area (Å²) in [7, 11) is 1.62. The number of rotatable bonds is 5. The molecule has 5 nitrogen and oxygen atoms in total. The molecule has 0 unspecified atom stereocenters. The molecule has 1 aromatic carbocycles. The Balaban J connectivity index is 2.26. The molecule has 2 rings (SSSR count). The van der Waals surface area contributed by atoms with E-state index in [2.05, 4.69) is 10.5 Å². The number of aryl methyl sites for hydroxylation is 2. The highest BCUT2D eigenvalue weighted by Crippen LogP contribution is 2.24. The Hall–Kier alpha value is -2.08. The standard InChI is InChI=1S/C14H17N3O2S/c1-8-12(9(2)19-17-8)7-16-13-6-10(18-3)4-5-11(13)14(15)20/h4-6,16H,7H2,1-3H3,(H2,15,20). The van der Waals surface area contributed by atoms with Crippen molar-refractivity contribution in [1.82, 2.24) is 5.16 Å². The van der Waals surface area contributed by atoms with Gasteiger partial charge in [-0.15, -0.1) is 0 Å². The second-order valence-electron chi connectivity index (χ2n) is 4.43.